The summed E-state index contributed by atoms with van der Waals surface area (Å²) in [5, 5.41) is 0. The average molecular weight is 256 g/mol. The van der Waals surface area contributed by atoms with Crippen LogP contribution >= 0.6 is 0 Å². The van der Waals surface area contributed by atoms with Gasteiger partial charge in [0, 0.05) is 14.2 Å². The summed E-state index contributed by atoms with van der Waals surface area (Å²) in [7, 11) is 4.83. The summed E-state index contributed by atoms with van der Waals surface area (Å²) >= 11 is 0. The topological polar surface area (TPSA) is 27.7 Å². The molecule has 0 heterocycles. The fourth-order valence-electron chi connectivity index (χ4n) is 0.0833. The van der Waals surface area contributed by atoms with Crippen LogP contribution in [-0.4, -0.2) is 27.1 Å². The van der Waals surface area contributed by atoms with E-state index in [-0.39, 0.29) is 0 Å². The third kappa shape index (κ3) is 62.3. The van der Waals surface area contributed by atoms with Crippen LogP contribution in [0.2, 0.25) is 0 Å². The van der Waals surface area contributed by atoms with Crippen molar-refractivity contribution in [3.63, 3.8) is 0 Å². The van der Waals surface area contributed by atoms with Gasteiger partial charge in [-0.2, -0.15) is 0 Å². The Balaban J connectivity index is -0.0000000784. The average Bonchev–Trinajstić information content (AvgIpc) is 2.32. The standard InChI is InChI=1S/C5H12O2.C4H8O.2C3H4/c1-5(2,6-3)7-4;1-4(2)5-3;2*1-3-2/h1-4H3;1H2,2-3H3;1-2H2;1H,2H3. The van der Waals surface area contributed by atoms with E-state index in [1.807, 2.05) is 13.8 Å². The van der Waals surface area contributed by atoms with Gasteiger partial charge in [-0.1, -0.05) is 19.7 Å². The number of methoxy groups -OCH3 is 3. The summed E-state index contributed by atoms with van der Waals surface area (Å²) in [6, 6.07) is 0. The summed E-state index contributed by atoms with van der Waals surface area (Å²) in [6.45, 7) is 16.9. The van der Waals surface area contributed by atoms with Crippen LogP contribution in [0.4, 0.5) is 0 Å². The van der Waals surface area contributed by atoms with Crippen molar-refractivity contribution < 1.29 is 14.2 Å². The highest BCUT2D eigenvalue weighted by molar-refractivity contribution is 4.73. The third-order valence-corrected chi connectivity index (χ3v) is 1.33. The summed E-state index contributed by atoms with van der Waals surface area (Å²) in [5.74, 6) is 2.59. The minimum atomic E-state index is -0.417. The van der Waals surface area contributed by atoms with Crippen LogP contribution in [0.3, 0.4) is 0 Å². The molecule has 0 saturated carbocycles. The van der Waals surface area contributed by atoms with Gasteiger partial charge in [0.25, 0.3) is 0 Å². The van der Waals surface area contributed by atoms with Crippen molar-refractivity contribution in [1.29, 1.82) is 0 Å². The molecular weight excluding hydrogens is 228 g/mol. The lowest BCUT2D eigenvalue weighted by Crippen LogP contribution is -2.24. The molecule has 3 heteroatoms. The van der Waals surface area contributed by atoms with Gasteiger partial charge in [-0.3, -0.25) is 0 Å². The molecule has 0 aromatic heterocycles. The molecule has 0 radical (unpaired) electrons. The Morgan fingerprint density at radius 2 is 1.28 bits per heavy atom. The minimum Gasteiger partial charge on any atom is -0.502 e. The van der Waals surface area contributed by atoms with E-state index in [1.165, 1.54) is 0 Å². The predicted molar refractivity (Wildman–Crippen MR) is 79.2 cm³/mol. The van der Waals surface area contributed by atoms with Crippen molar-refractivity contribution in [2.24, 2.45) is 0 Å². The first-order valence-electron chi connectivity index (χ1n) is 5.19. The first kappa shape index (κ1) is 25.4. The lowest BCUT2D eigenvalue weighted by Gasteiger charge is -2.19. The zero-order valence-corrected chi connectivity index (χ0v) is 12.9. The second kappa shape index (κ2) is 20.9. The second-order valence-corrected chi connectivity index (χ2v) is 3.25. The SMILES string of the molecule is C#CC.C=C(C)OC.C=C=C.COC(C)(C)OC. The molecule has 0 fully saturated rings. The first-order chi connectivity index (χ1) is 8.22. The lowest BCUT2D eigenvalue weighted by atomic mass is 10.4. The summed E-state index contributed by atoms with van der Waals surface area (Å²) in [5.41, 5.74) is 2.25. The van der Waals surface area contributed by atoms with Crippen LogP contribution in [0.1, 0.15) is 27.7 Å². The lowest BCUT2D eigenvalue weighted by molar-refractivity contribution is -0.178. The van der Waals surface area contributed by atoms with Crippen LogP contribution in [0.15, 0.2) is 31.2 Å². The molecule has 0 bridgehead atoms. The van der Waals surface area contributed by atoms with Crippen molar-refractivity contribution in [3.05, 3.63) is 31.2 Å². The minimum absolute atomic E-state index is 0.417. The number of ether oxygens (including phenoxy) is 3. The maximum atomic E-state index is 4.86. The maximum absolute atomic E-state index is 4.86. The molecule has 18 heavy (non-hydrogen) atoms. The summed E-state index contributed by atoms with van der Waals surface area (Å²) in [4.78, 5) is 0. The molecule has 0 aliphatic carbocycles. The quantitative estimate of drug-likeness (QED) is 0.333. The van der Waals surface area contributed by atoms with Crippen LogP contribution in [0, 0.1) is 12.3 Å². The normalized spacial score (nSPS) is 7.44. The molecule has 0 atom stereocenters. The monoisotopic (exact) mass is 256 g/mol. The molecular formula is C15H28O3. The maximum Gasteiger partial charge on any atom is 0.161 e. The predicted octanol–water partition coefficient (Wildman–Crippen LogP) is 3.78. The van der Waals surface area contributed by atoms with Crippen LogP contribution in [-0.2, 0) is 14.2 Å². The highest BCUT2D eigenvalue weighted by atomic mass is 16.7. The van der Waals surface area contributed by atoms with Gasteiger partial charge < -0.3 is 14.2 Å². The van der Waals surface area contributed by atoms with Gasteiger partial charge in [0.1, 0.15) is 0 Å². The van der Waals surface area contributed by atoms with Gasteiger partial charge in [0.15, 0.2) is 5.79 Å². The molecule has 0 amide bonds. The molecule has 0 rings (SSSR count). The smallest absolute Gasteiger partial charge is 0.161 e. The molecule has 3 nitrogen and oxygen atoms in total. The van der Waals surface area contributed by atoms with Crippen LogP contribution < -0.4 is 0 Å². The van der Waals surface area contributed by atoms with Crippen molar-refractivity contribution >= 4 is 0 Å². The van der Waals surface area contributed by atoms with Crippen molar-refractivity contribution in [2.75, 3.05) is 21.3 Å². The van der Waals surface area contributed by atoms with E-state index in [9.17, 15) is 0 Å². The zero-order valence-electron chi connectivity index (χ0n) is 12.9. The van der Waals surface area contributed by atoms with Gasteiger partial charge >= 0.3 is 0 Å². The molecule has 0 saturated heterocycles. The number of hydrogen-bond donors (Lipinski definition) is 0. The fourth-order valence-corrected chi connectivity index (χ4v) is 0.0833. The highest BCUT2D eigenvalue weighted by Crippen LogP contribution is 2.05. The van der Waals surface area contributed by atoms with E-state index in [4.69, 9.17) is 9.47 Å². The zero-order chi connectivity index (χ0) is 15.6. The Morgan fingerprint density at radius 1 is 1.11 bits per heavy atom. The molecule has 0 aliphatic rings. The highest BCUT2D eigenvalue weighted by Gasteiger charge is 2.11. The van der Waals surface area contributed by atoms with Gasteiger partial charge in [-0.15, -0.1) is 18.1 Å². The number of allylic oxidation sites excluding steroid dienone is 1. The molecule has 0 unspecified atom stereocenters. The molecule has 0 spiro atoms. The Hall–Kier alpha value is -1.46. The van der Waals surface area contributed by atoms with E-state index < -0.39 is 5.79 Å². The Kier molecular flexibility index (Phi) is 29.5. The van der Waals surface area contributed by atoms with Crippen molar-refractivity contribution in [3.8, 4) is 12.3 Å². The third-order valence-electron chi connectivity index (χ3n) is 1.33. The summed E-state index contributed by atoms with van der Waals surface area (Å²) < 4.78 is 14.3. The van der Waals surface area contributed by atoms with Crippen LogP contribution in [0.5, 0.6) is 0 Å². The van der Waals surface area contributed by atoms with E-state index in [0.29, 0.717) is 0 Å². The molecule has 0 aromatic rings. The molecule has 0 aromatic carbocycles. The molecule has 0 N–H and O–H groups in total. The van der Waals surface area contributed by atoms with E-state index in [2.05, 4.69) is 42.5 Å². The Bertz CT molecular complexity index is 235. The van der Waals surface area contributed by atoms with E-state index in [1.54, 1.807) is 35.2 Å². The Labute approximate surface area is 113 Å². The van der Waals surface area contributed by atoms with Crippen molar-refractivity contribution in [2.45, 2.75) is 33.5 Å². The second-order valence-electron chi connectivity index (χ2n) is 3.25. The van der Waals surface area contributed by atoms with Gasteiger partial charge in [-0.25, -0.2) is 0 Å². The van der Waals surface area contributed by atoms with Gasteiger partial charge in [0.2, 0.25) is 0 Å². The number of terminal acetylenes is 1. The number of hydrogen-bond acceptors (Lipinski definition) is 3. The van der Waals surface area contributed by atoms with Gasteiger partial charge in [-0.05, 0) is 27.7 Å². The molecule has 106 valence electrons. The van der Waals surface area contributed by atoms with Crippen LogP contribution in [0.25, 0.3) is 0 Å². The number of rotatable bonds is 3. The largest absolute Gasteiger partial charge is 0.502 e. The van der Waals surface area contributed by atoms with Crippen molar-refractivity contribution in [1.82, 2.24) is 0 Å². The van der Waals surface area contributed by atoms with E-state index in [0.717, 1.165) is 5.76 Å². The van der Waals surface area contributed by atoms with Gasteiger partial charge in [0.05, 0.1) is 12.9 Å². The molecule has 0 aliphatic heterocycles. The fraction of sp³-hybridized carbons (Fsp3) is 0.533. The Morgan fingerprint density at radius 3 is 1.28 bits per heavy atom. The summed E-state index contributed by atoms with van der Waals surface area (Å²) in [6.07, 6.45) is 4.60. The van der Waals surface area contributed by atoms with E-state index >= 15 is 0 Å². The first-order valence-corrected chi connectivity index (χ1v) is 5.19.